The third-order valence-corrected chi connectivity index (χ3v) is 5.88. The van der Waals surface area contributed by atoms with Crippen molar-refractivity contribution >= 4 is 5.69 Å². The fourth-order valence-corrected chi connectivity index (χ4v) is 4.42. The molecule has 0 bridgehead atoms. The molecule has 2 aromatic carbocycles. The number of aromatic nitrogens is 2. The van der Waals surface area contributed by atoms with Gasteiger partial charge < -0.3 is 4.74 Å². The van der Waals surface area contributed by atoms with Crippen LogP contribution in [0, 0.1) is 12.8 Å². The summed E-state index contributed by atoms with van der Waals surface area (Å²) >= 11 is 0. The molecule has 3 aromatic rings. The Kier molecular flexibility index (Phi) is 5.49. The van der Waals surface area contributed by atoms with Crippen LogP contribution in [0.25, 0.3) is 0 Å². The van der Waals surface area contributed by atoms with Crippen molar-refractivity contribution in [3.05, 3.63) is 83.9 Å². The number of aryl methyl sites for hydroxylation is 1. The normalized spacial score (nSPS) is 22.5. The second-order valence-corrected chi connectivity index (χ2v) is 7.83. The highest BCUT2D eigenvalue weighted by Crippen LogP contribution is 2.45. The molecular formula is C24H28N4O. The molecule has 3 unspecified atom stereocenters. The highest BCUT2D eigenvalue weighted by Gasteiger charge is 2.40. The van der Waals surface area contributed by atoms with Crippen LogP contribution >= 0.6 is 0 Å². The second-order valence-electron chi connectivity index (χ2n) is 7.83. The van der Waals surface area contributed by atoms with E-state index in [-0.39, 0.29) is 12.1 Å². The minimum absolute atomic E-state index is 0.189. The Hall–Kier alpha value is -2.92. The Morgan fingerprint density at radius 2 is 1.72 bits per heavy atom. The predicted octanol–water partition coefficient (Wildman–Crippen LogP) is 4.97. The summed E-state index contributed by atoms with van der Waals surface area (Å²) in [7, 11) is 3.87. The molecule has 0 N–H and O–H groups in total. The Bertz CT molecular complexity index is 927. The molecule has 5 heteroatoms. The third-order valence-electron chi connectivity index (χ3n) is 5.88. The summed E-state index contributed by atoms with van der Waals surface area (Å²) < 4.78 is 5.36. The number of nitrogens with zero attached hydrogens (tertiary/aromatic N) is 4. The minimum Gasteiger partial charge on any atom is -0.497 e. The quantitative estimate of drug-likeness (QED) is 0.631. The van der Waals surface area contributed by atoms with Gasteiger partial charge in [0.15, 0.2) is 0 Å². The van der Waals surface area contributed by atoms with E-state index in [0.717, 1.165) is 17.9 Å². The summed E-state index contributed by atoms with van der Waals surface area (Å²) in [6.45, 7) is 4.43. The molecule has 0 amide bonds. The van der Waals surface area contributed by atoms with Gasteiger partial charge in [0.2, 0.25) is 0 Å². The van der Waals surface area contributed by atoms with Gasteiger partial charge in [0.25, 0.3) is 0 Å². The summed E-state index contributed by atoms with van der Waals surface area (Å²) in [4.78, 5) is 8.67. The number of methoxy groups -OCH3 is 1. The average Bonchev–Trinajstić information content (AvgIpc) is 2.75. The summed E-state index contributed by atoms with van der Waals surface area (Å²) in [5.74, 6) is 1.32. The Morgan fingerprint density at radius 3 is 2.34 bits per heavy atom. The topological polar surface area (TPSA) is 41.5 Å². The summed E-state index contributed by atoms with van der Waals surface area (Å²) in [6.07, 6.45) is 4.50. The third kappa shape index (κ3) is 3.83. The van der Waals surface area contributed by atoms with E-state index in [1.807, 2.05) is 24.4 Å². The number of hydrogen-bond donors (Lipinski definition) is 0. The van der Waals surface area contributed by atoms with Gasteiger partial charge in [-0.2, -0.15) is 0 Å². The van der Waals surface area contributed by atoms with Gasteiger partial charge in [0.05, 0.1) is 30.6 Å². The molecule has 2 heterocycles. The van der Waals surface area contributed by atoms with Crippen LogP contribution in [0.4, 0.5) is 5.69 Å². The van der Waals surface area contributed by atoms with Crippen LogP contribution in [0.1, 0.15) is 42.2 Å². The monoisotopic (exact) mass is 388 g/mol. The largest absolute Gasteiger partial charge is 0.497 e. The lowest BCUT2D eigenvalue weighted by atomic mass is 9.85. The zero-order valence-electron chi connectivity index (χ0n) is 17.5. The van der Waals surface area contributed by atoms with E-state index in [1.165, 1.54) is 16.8 Å². The smallest absolute Gasteiger partial charge is 0.118 e. The van der Waals surface area contributed by atoms with Crippen molar-refractivity contribution in [2.24, 2.45) is 5.92 Å². The Morgan fingerprint density at radius 1 is 1.00 bits per heavy atom. The maximum absolute atomic E-state index is 5.36. The molecule has 1 aliphatic rings. The van der Waals surface area contributed by atoms with E-state index >= 15 is 0 Å². The lowest BCUT2D eigenvalue weighted by Crippen LogP contribution is -2.51. The van der Waals surface area contributed by atoms with E-state index in [9.17, 15) is 0 Å². The Labute approximate surface area is 173 Å². The number of rotatable bonds is 4. The molecule has 1 aromatic heterocycles. The van der Waals surface area contributed by atoms with Crippen LogP contribution < -0.4 is 9.75 Å². The van der Waals surface area contributed by atoms with Crippen molar-refractivity contribution in [3.8, 4) is 5.75 Å². The summed E-state index contributed by atoms with van der Waals surface area (Å²) in [5.41, 5.74) is 4.78. The van der Waals surface area contributed by atoms with Crippen LogP contribution in [0.15, 0.2) is 67.1 Å². The van der Waals surface area contributed by atoms with Gasteiger partial charge in [-0.3, -0.25) is 5.01 Å². The van der Waals surface area contributed by atoms with Gasteiger partial charge >= 0.3 is 0 Å². The van der Waals surface area contributed by atoms with Gasteiger partial charge in [0, 0.05) is 13.2 Å². The van der Waals surface area contributed by atoms with Crippen molar-refractivity contribution in [1.82, 2.24) is 15.0 Å². The zero-order valence-corrected chi connectivity index (χ0v) is 17.5. The first-order valence-electron chi connectivity index (χ1n) is 10.1. The van der Waals surface area contributed by atoms with E-state index in [4.69, 9.17) is 4.74 Å². The lowest BCUT2D eigenvalue weighted by Gasteiger charge is -2.51. The fraction of sp³-hybridized carbons (Fsp3) is 0.333. The van der Waals surface area contributed by atoms with Gasteiger partial charge in [-0.1, -0.05) is 36.8 Å². The van der Waals surface area contributed by atoms with E-state index < -0.39 is 0 Å². The first kappa shape index (κ1) is 19.4. The molecule has 1 fully saturated rings. The molecule has 3 atom stereocenters. The van der Waals surface area contributed by atoms with Gasteiger partial charge in [-0.15, -0.1) is 0 Å². The Balaban J connectivity index is 1.76. The fourth-order valence-electron chi connectivity index (χ4n) is 4.42. The molecule has 0 saturated carbocycles. The molecule has 0 radical (unpaired) electrons. The molecule has 1 saturated heterocycles. The SMILES string of the molecule is COc1ccc(C2CC(C)C(c3ccncn3)N(C)N2c2ccc(C)cc2)cc1. The highest BCUT2D eigenvalue weighted by atomic mass is 16.5. The number of hydrazine groups is 1. The van der Waals surface area contributed by atoms with Crippen LogP contribution in [-0.2, 0) is 0 Å². The van der Waals surface area contributed by atoms with Crippen LogP contribution in [0.5, 0.6) is 5.75 Å². The van der Waals surface area contributed by atoms with Crippen molar-refractivity contribution in [2.45, 2.75) is 32.4 Å². The minimum atomic E-state index is 0.189. The molecule has 150 valence electrons. The first-order chi connectivity index (χ1) is 14.1. The predicted molar refractivity (Wildman–Crippen MR) is 116 cm³/mol. The maximum Gasteiger partial charge on any atom is 0.118 e. The van der Waals surface area contributed by atoms with E-state index in [2.05, 4.69) is 77.3 Å². The molecule has 29 heavy (non-hydrogen) atoms. The summed E-state index contributed by atoms with van der Waals surface area (Å²) in [6, 6.07) is 19.7. The summed E-state index contributed by atoms with van der Waals surface area (Å²) in [5, 5.41) is 4.75. The maximum atomic E-state index is 5.36. The van der Waals surface area contributed by atoms with E-state index in [1.54, 1.807) is 13.4 Å². The standard InChI is InChI=1S/C24H28N4O/c1-17-5-9-20(10-6-17)28-23(19-7-11-21(29-4)12-8-19)15-18(2)24(27(28)3)22-13-14-25-16-26-22/h5-14,16,18,23-24H,15H2,1-4H3. The van der Waals surface area contributed by atoms with Crippen molar-refractivity contribution in [3.63, 3.8) is 0 Å². The van der Waals surface area contributed by atoms with Crippen LogP contribution in [-0.4, -0.2) is 29.1 Å². The molecule has 4 rings (SSSR count). The second kappa shape index (κ2) is 8.21. The number of benzene rings is 2. The van der Waals surface area contributed by atoms with Crippen molar-refractivity contribution < 1.29 is 4.74 Å². The average molecular weight is 389 g/mol. The highest BCUT2D eigenvalue weighted by molar-refractivity contribution is 5.50. The van der Waals surface area contributed by atoms with E-state index in [0.29, 0.717) is 5.92 Å². The van der Waals surface area contributed by atoms with Crippen molar-refractivity contribution in [2.75, 3.05) is 19.2 Å². The van der Waals surface area contributed by atoms with Crippen molar-refractivity contribution in [1.29, 1.82) is 0 Å². The molecular weight excluding hydrogens is 360 g/mol. The van der Waals surface area contributed by atoms with Crippen LogP contribution in [0.2, 0.25) is 0 Å². The molecule has 0 spiro atoms. The number of anilines is 1. The van der Waals surface area contributed by atoms with Gasteiger partial charge in [-0.25, -0.2) is 15.0 Å². The zero-order chi connectivity index (χ0) is 20.4. The first-order valence-corrected chi connectivity index (χ1v) is 10.1. The molecule has 0 aliphatic carbocycles. The number of ether oxygens (including phenoxy) is 1. The molecule has 5 nitrogen and oxygen atoms in total. The lowest BCUT2D eigenvalue weighted by molar-refractivity contribution is 0.0873. The van der Waals surface area contributed by atoms with Crippen LogP contribution in [0.3, 0.4) is 0 Å². The molecule has 1 aliphatic heterocycles. The number of hydrogen-bond acceptors (Lipinski definition) is 5. The van der Waals surface area contributed by atoms with Gasteiger partial charge in [-0.05, 0) is 55.2 Å². The van der Waals surface area contributed by atoms with Gasteiger partial charge in [0.1, 0.15) is 12.1 Å².